The van der Waals surface area contributed by atoms with Gasteiger partial charge in [0.25, 0.3) is 5.91 Å². The number of nitrogens with zero attached hydrogens (tertiary/aromatic N) is 1. The number of carbonyl (C=O) groups excluding carboxylic acids is 1. The molecule has 1 heterocycles. The fraction of sp³-hybridized carbons (Fsp3) is 0.0526. The zero-order chi connectivity index (χ0) is 16.1. The maximum absolute atomic E-state index is 12.4. The second-order valence-corrected chi connectivity index (χ2v) is 5.04. The van der Waals surface area contributed by atoms with E-state index in [2.05, 4.69) is 10.3 Å². The van der Waals surface area contributed by atoms with E-state index in [0.717, 1.165) is 11.4 Å². The second kappa shape index (κ2) is 6.75. The van der Waals surface area contributed by atoms with Crippen LogP contribution in [-0.2, 0) is 0 Å². The van der Waals surface area contributed by atoms with Crippen molar-refractivity contribution in [1.82, 2.24) is 0 Å². The number of nitrogens with one attached hydrogen (secondary N) is 1. The summed E-state index contributed by atoms with van der Waals surface area (Å²) in [6.45, 7) is 1.87. The predicted octanol–water partition coefficient (Wildman–Crippen LogP) is 4.59. The van der Waals surface area contributed by atoms with Crippen molar-refractivity contribution in [2.45, 2.75) is 6.92 Å². The van der Waals surface area contributed by atoms with Crippen LogP contribution in [-0.4, -0.2) is 12.1 Å². The summed E-state index contributed by atoms with van der Waals surface area (Å²) >= 11 is 0. The number of para-hydroxylation sites is 2. The molecule has 0 radical (unpaired) electrons. The number of amides is 1. The molecule has 0 aliphatic rings. The summed E-state index contributed by atoms with van der Waals surface area (Å²) in [6.07, 6.45) is 1.61. The molecular formula is C19H16N2O2. The molecule has 0 saturated heterocycles. The molecule has 1 N–H and O–H groups in total. The fourth-order valence-corrected chi connectivity index (χ4v) is 2.15. The Labute approximate surface area is 134 Å². The molecule has 3 aromatic rings. The van der Waals surface area contributed by atoms with E-state index < -0.39 is 0 Å². The Morgan fingerprint density at radius 1 is 1.00 bits per heavy atom. The minimum atomic E-state index is -0.195. The maximum atomic E-state index is 12.4. The first-order valence-corrected chi connectivity index (χ1v) is 7.28. The van der Waals surface area contributed by atoms with E-state index in [4.69, 9.17) is 4.42 Å². The summed E-state index contributed by atoms with van der Waals surface area (Å²) in [5, 5.41) is 2.86. The van der Waals surface area contributed by atoms with Gasteiger partial charge in [-0.2, -0.15) is 0 Å². The van der Waals surface area contributed by atoms with Gasteiger partial charge in [-0.1, -0.05) is 30.3 Å². The lowest BCUT2D eigenvalue weighted by molar-refractivity contribution is 0.102. The van der Waals surface area contributed by atoms with Gasteiger partial charge in [0.15, 0.2) is 0 Å². The summed E-state index contributed by atoms with van der Waals surface area (Å²) in [5.74, 6) is 1.28. The zero-order valence-corrected chi connectivity index (χ0v) is 12.7. The van der Waals surface area contributed by atoms with E-state index >= 15 is 0 Å². The predicted molar refractivity (Wildman–Crippen MR) is 91.5 cm³/mol. The highest BCUT2D eigenvalue weighted by Gasteiger charge is 2.10. The van der Waals surface area contributed by atoms with Gasteiger partial charge < -0.3 is 9.73 Å². The Balaban J connectivity index is 1.82. The Hall–Kier alpha value is -3.14. The number of benzene rings is 2. The molecule has 1 amide bonds. The molecule has 0 bridgehead atoms. The van der Waals surface area contributed by atoms with Gasteiger partial charge in [-0.25, -0.2) is 0 Å². The lowest BCUT2D eigenvalue weighted by atomic mass is 10.1. The molecule has 0 fully saturated rings. The Morgan fingerprint density at radius 2 is 1.74 bits per heavy atom. The Morgan fingerprint density at radius 3 is 2.48 bits per heavy atom. The lowest BCUT2D eigenvalue weighted by Gasteiger charge is -2.07. The van der Waals surface area contributed by atoms with Crippen LogP contribution in [0, 0.1) is 6.92 Å². The monoisotopic (exact) mass is 304 g/mol. The highest BCUT2D eigenvalue weighted by atomic mass is 16.3. The van der Waals surface area contributed by atoms with Crippen molar-refractivity contribution < 1.29 is 9.21 Å². The van der Waals surface area contributed by atoms with Crippen LogP contribution >= 0.6 is 0 Å². The van der Waals surface area contributed by atoms with Crippen molar-refractivity contribution in [2.75, 3.05) is 5.32 Å². The minimum absolute atomic E-state index is 0.195. The summed E-state index contributed by atoms with van der Waals surface area (Å²) in [6, 6.07) is 20.3. The van der Waals surface area contributed by atoms with Gasteiger partial charge in [-0.3, -0.25) is 9.79 Å². The smallest absolute Gasteiger partial charge is 0.257 e. The van der Waals surface area contributed by atoms with Crippen molar-refractivity contribution >= 4 is 23.5 Å². The molecule has 0 aliphatic carbocycles. The van der Waals surface area contributed by atoms with E-state index in [-0.39, 0.29) is 5.91 Å². The normalized spacial score (nSPS) is 10.8. The van der Waals surface area contributed by atoms with Gasteiger partial charge in [0.1, 0.15) is 11.5 Å². The van der Waals surface area contributed by atoms with Crippen LogP contribution in [0.1, 0.15) is 21.9 Å². The van der Waals surface area contributed by atoms with Crippen molar-refractivity contribution in [2.24, 2.45) is 4.99 Å². The molecule has 23 heavy (non-hydrogen) atoms. The number of hydrogen-bond donors (Lipinski definition) is 1. The van der Waals surface area contributed by atoms with Crippen LogP contribution in [0.4, 0.5) is 11.4 Å². The van der Waals surface area contributed by atoms with Gasteiger partial charge >= 0.3 is 0 Å². The third-order valence-electron chi connectivity index (χ3n) is 3.27. The third-order valence-corrected chi connectivity index (χ3v) is 3.27. The Kier molecular flexibility index (Phi) is 4.34. The van der Waals surface area contributed by atoms with Crippen molar-refractivity contribution in [3.8, 4) is 0 Å². The van der Waals surface area contributed by atoms with E-state index in [1.807, 2.05) is 61.5 Å². The molecule has 0 saturated carbocycles. The number of rotatable bonds is 4. The topological polar surface area (TPSA) is 54.6 Å². The maximum Gasteiger partial charge on any atom is 0.257 e. The average Bonchev–Trinajstić information content (AvgIpc) is 2.99. The van der Waals surface area contributed by atoms with Crippen molar-refractivity contribution in [3.63, 3.8) is 0 Å². The molecule has 0 atom stereocenters. The summed E-state index contributed by atoms with van der Waals surface area (Å²) in [7, 11) is 0. The number of anilines is 1. The van der Waals surface area contributed by atoms with E-state index in [9.17, 15) is 4.79 Å². The summed E-state index contributed by atoms with van der Waals surface area (Å²) in [5.41, 5.74) is 1.85. The number of aliphatic imine (C=N–C) groups is 1. The van der Waals surface area contributed by atoms with Gasteiger partial charge in [-0.15, -0.1) is 0 Å². The van der Waals surface area contributed by atoms with Crippen LogP contribution < -0.4 is 5.32 Å². The van der Waals surface area contributed by atoms with Gasteiger partial charge in [0, 0.05) is 5.69 Å². The SMILES string of the molecule is Cc1ccc(/C=N/c2ccccc2C(=O)Nc2ccccc2)o1. The van der Waals surface area contributed by atoms with Gasteiger partial charge in [-0.05, 0) is 43.3 Å². The number of carbonyl (C=O) groups is 1. The highest BCUT2D eigenvalue weighted by molar-refractivity contribution is 6.08. The van der Waals surface area contributed by atoms with Crippen LogP contribution in [0.5, 0.6) is 0 Å². The Bertz CT molecular complexity index is 835. The number of aryl methyl sites for hydroxylation is 1. The molecule has 0 aliphatic heterocycles. The van der Waals surface area contributed by atoms with Crippen molar-refractivity contribution in [1.29, 1.82) is 0 Å². The molecule has 3 rings (SSSR count). The molecule has 4 nitrogen and oxygen atoms in total. The number of hydrogen-bond acceptors (Lipinski definition) is 3. The second-order valence-electron chi connectivity index (χ2n) is 5.04. The molecule has 114 valence electrons. The standard InChI is InChI=1S/C19H16N2O2/c1-14-11-12-16(23-14)13-20-18-10-6-5-9-17(18)19(22)21-15-7-3-2-4-8-15/h2-13H,1H3,(H,21,22)/b20-13+. The largest absolute Gasteiger partial charge is 0.460 e. The molecule has 4 heteroatoms. The average molecular weight is 304 g/mol. The molecule has 0 spiro atoms. The molecular weight excluding hydrogens is 288 g/mol. The zero-order valence-electron chi connectivity index (χ0n) is 12.7. The first kappa shape index (κ1) is 14.8. The lowest BCUT2D eigenvalue weighted by Crippen LogP contribution is -2.11. The third kappa shape index (κ3) is 3.74. The molecule has 1 aromatic heterocycles. The van der Waals surface area contributed by atoms with Gasteiger partial charge in [0.05, 0.1) is 17.5 Å². The van der Waals surface area contributed by atoms with Crippen LogP contribution in [0.15, 0.2) is 76.1 Å². The first-order chi connectivity index (χ1) is 11.2. The van der Waals surface area contributed by atoms with Crippen LogP contribution in [0.2, 0.25) is 0 Å². The number of furan rings is 1. The van der Waals surface area contributed by atoms with E-state index in [1.165, 1.54) is 0 Å². The van der Waals surface area contributed by atoms with E-state index in [1.54, 1.807) is 18.3 Å². The molecule has 0 unspecified atom stereocenters. The van der Waals surface area contributed by atoms with Crippen molar-refractivity contribution in [3.05, 3.63) is 83.8 Å². The minimum Gasteiger partial charge on any atom is -0.460 e. The van der Waals surface area contributed by atoms with Crippen LogP contribution in [0.25, 0.3) is 0 Å². The fourth-order valence-electron chi connectivity index (χ4n) is 2.15. The van der Waals surface area contributed by atoms with Gasteiger partial charge in [0.2, 0.25) is 0 Å². The first-order valence-electron chi connectivity index (χ1n) is 7.28. The highest BCUT2D eigenvalue weighted by Crippen LogP contribution is 2.20. The molecule has 2 aromatic carbocycles. The quantitative estimate of drug-likeness (QED) is 0.717. The summed E-state index contributed by atoms with van der Waals surface area (Å²) in [4.78, 5) is 16.8. The summed E-state index contributed by atoms with van der Waals surface area (Å²) < 4.78 is 5.45. The van der Waals surface area contributed by atoms with E-state index in [0.29, 0.717) is 17.0 Å². The van der Waals surface area contributed by atoms with Crippen LogP contribution in [0.3, 0.4) is 0 Å².